The van der Waals surface area contributed by atoms with E-state index in [2.05, 4.69) is 20.7 Å². The SMILES string of the molecule is COc1ccc(-c2nnn(CC(=O)N(Cc3ccccc3Cl)C(C(=O)NC3CCCCC3)c3ccc(C)o3)n2)cc1OC. The predicted octanol–water partition coefficient (Wildman–Crippen LogP) is 5.13. The molecule has 11 nitrogen and oxygen atoms in total. The molecular formula is C31H35ClN6O5. The number of furan rings is 1. The number of hydrogen-bond donors (Lipinski definition) is 1. The Balaban J connectivity index is 1.45. The molecule has 0 spiro atoms. The van der Waals surface area contributed by atoms with Gasteiger partial charge in [-0.1, -0.05) is 49.1 Å². The fraction of sp³-hybridized carbons (Fsp3) is 0.387. The standard InChI is InChI=1S/C31H35ClN6O5/c1-20-13-15-26(43-20)29(31(40)33-23-10-5-4-6-11-23)37(18-22-9-7-8-12-24(22)32)28(39)19-38-35-30(34-36-38)21-14-16-25(41-2)27(17-21)42-3/h7-9,12-17,23,29H,4-6,10-11,18-19H2,1-3H3,(H,33,40). The molecule has 2 aromatic carbocycles. The van der Waals surface area contributed by atoms with Crippen molar-refractivity contribution in [2.45, 2.75) is 64.2 Å². The molecule has 12 heteroatoms. The molecule has 0 bridgehead atoms. The minimum atomic E-state index is -1.03. The molecule has 1 aliphatic rings. The van der Waals surface area contributed by atoms with Crippen molar-refractivity contribution in [1.82, 2.24) is 30.4 Å². The van der Waals surface area contributed by atoms with E-state index < -0.39 is 11.9 Å². The molecule has 1 saturated carbocycles. The summed E-state index contributed by atoms with van der Waals surface area (Å²) in [6, 6.07) is 15.0. The van der Waals surface area contributed by atoms with E-state index in [1.165, 1.54) is 9.70 Å². The Morgan fingerprint density at radius 1 is 1.07 bits per heavy atom. The van der Waals surface area contributed by atoms with Crippen molar-refractivity contribution < 1.29 is 23.5 Å². The number of aryl methyl sites for hydroxylation is 1. The zero-order chi connectivity index (χ0) is 30.3. The Morgan fingerprint density at radius 3 is 2.53 bits per heavy atom. The number of methoxy groups -OCH3 is 2. The number of rotatable bonds is 11. The summed E-state index contributed by atoms with van der Waals surface area (Å²) in [4.78, 5) is 30.7. The molecule has 1 atom stereocenters. The molecule has 2 aromatic heterocycles. The monoisotopic (exact) mass is 606 g/mol. The summed E-state index contributed by atoms with van der Waals surface area (Å²) in [5.74, 6) is 1.67. The van der Waals surface area contributed by atoms with Gasteiger partial charge in [0.05, 0.1) is 14.2 Å². The summed E-state index contributed by atoms with van der Waals surface area (Å²) in [5.41, 5.74) is 1.33. The van der Waals surface area contributed by atoms with Crippen molar-refractivity contribution in [3.8, 4) is 22.9 Å². The number of amides is 2. The summed E-state index contributed by atoms with van der Waals surface area (Å²) in [7, 11) is 3.10. The van der Waals surface area contributed by atoms with Gasteiger partial charge in [-0.2, -0.15) is 4.80 Å². The highest BCUT2D eigenvalue weighted by Crippen LogP contribution is 2.31. The van der Waals surface area contributed by atoms with Crippen LogP contribution in [0, 0.1) is 6.92 Å². The minimum Gasteiger partial charge on any atom is -0.493 e. The Bertz CT molecular complexity index is 1560. The van der Waals surface area contributed by atoms with Crippen molar-refractivity contribution >= 4 is 23.4 Å². The predicted molar refractivity (Wildman–Crippen MR) is 160 cm³/mol. The third kappa shape index (κ3) is 7.16. The lowest BCUT2D eigenvalue weighted by molar-refractivity contribution is -0.143. The van der Waals surface area contributed by atoms with Crippen molar-refractivity contribution in [3.05, 3.63) is 76.7 Å². The number of ether oxygens (including phenoxy) is 2. The number of carbonyl (C=O) groups excluding carboxylic acids is 2. The highest BCUT2D eigenvalue weighted by molar-refractivity contribution is 6.31. The first-order chi connectivity index (χ1) is 20.9. The number of nitrogens with zero attached hydrogens (tertiary/aromatic N) is 5. The Morgan fingerprint density at radius 2 is 1.84 bits per heavy atom. The van der Waals surface area contributed by atoms with Gasteiger partial charge < -0.3 is 24.1 Å². The van der Waals surface area contributed by atoms with Gasteiger partial charge in [0, 0.05) is 23.2 Å². The lowest BCUT2D eigenvalue weighted by Gasteiger charge is -2.32. The molecule has 2 heterocycles. The van der Waals surface area contributed by atoms with Crippen LogP contribution in [0.3, 0.4) is 0 Å². The highest BCUT2D eigenvalue weighted by Gasteiger charge is 2.36. The van der Waals surface area contributed by atoms with Crippen LogP contribution in [-0.4, -0.2) is 57.2 Å². The first-order valence-electron chi connectivity index (χ1n) is 14.3. The number of carbonyl (C=O) groups is 2. The van der Waals surface area contributed by atoms with Gasteiger partial charge >= 0.3 is 0 Å². The minimum absolute atomic E-state index is 0.0399. The summed E-state index contributed by atoms with van der Waals surface area (Å²) < 4.78 is 16.6. The summed E-state index contributed by atoms with van der Waals surface area (Å²) in [6.45, 7) is 1.60. The third-order valence-electron chi connectivity index (χ3n) is 7.53. The van der Waals surface area contributed by atoms with Crippen molar-refractivity contribution in [2.24, 2.45) is 0 Å². The van der Waals surface area contributed by atoms with E-state index in [9.17, 15) is 9.59 Å². The number of halogens is 1. The highest BCUT2D eigenvalue weighted by atomic mass is 35.5. The van der Waals surface area contributed by atoms with Crippen molar-refractivity contribution in [2.75, 3.05) is 14.2 Å². The van der Waals surface area contributed by atoms with E-state index in [4.69, 9.17) is 25.5 Å². The van der Waals surface area contributed by atoms with Gasteiger partial charge in [-0.25, -0.2) is 0 Å². The van der Waals surface area contributed by atoms with E-state index in [0.29, 0.717) is 45.0 Å². The average molecular weight is 607 g/mol. The van der Waals surface area contributed by atoms with Gasteiger partial charge in [-0.05, 0) is 66.9 Å². The fourth-order valence-electron chi connectivity index (χ4n) is 5.30. The molecule has 0 saturated heterocycles. The van der Waals surface area contributed by atoms with Crippen LogP contribution >= 0.6 is 11.6 Å². The number of tetrazole rings is 1. The molecule has 5 rings (SSSR count). The van der Waals surface area contributed by atoms with Gasteiger partial charge in [0.15, 0.2) is 17.5 Å². The van der Waals surface area contributed by atoms with Crippen LogP contribution < -0.4 is 14.8 Å². The first-order valence-corrected chi connectivity index (χ1v) is 14.6. The molecule has 43 heavy (non-hydrogen) atoms. The number of nitrogens with one attached hydrogen (secondary N) is 1. The number of benzene rings is 2. The van der Waals surface area contributed by atoms with Gasteiger partial charge in [-0.3, -0.25) is 9.59 Å². The van der Waals surface area contributed by atoms with Gasteiger partial charge in [-0.15, -0.1) is 10.2 Å². The van der Waals surface area contributed by atoms with E-state index in [0.717, 1.165) is 32.1 Å². The molecule has 1 unspecified atom stereocenters. The Hall–Kier alpha value is -4.38. The second kappa shape index (κ2) is 13.7. The second-order valence-corrected chi connectivity index (χ2v) is 10.9. The number of aromatic nitrogens is 4. The maximum Gasteiger partial charge on any atom is 0.250 e. The largest absolute Gasteiger partial charge is 0.493 e. The van der Waals surface area contributed by atoms with E-state index in [1.807, 2.05) is 18.2 Å². The summed E-state index contributed by atoms with van der Waals surface area (Å²) in [6.07, 6.45) is 5.06. The molecule has 1 N–H and O–H groups in total. The zero-order valence-corrected chi connectivity index (χ0v) is 25.2. The smallest absolute Gasteiger partial charge is 0.250 e. The van der Waals surface area contributed by atoms with Crippen LogP contribution in [0.1, 0.15) is 55.2 Å². The lowest BCUT2D eigenvalue weighted by Crippen LogP contribution is -2.47. The Labute approximate surface area is 255 Å². The fourth-order valence-corrected chi connectivity index (χ4v) is 5.49. The van der Waals surface area contributed by atoms with E-state index >= 15 is 0 Å². The topological polar surface area (TPSA) is 125 Å². The average Bonchev–Trinajstić information content (AvgIpc) is 3.66. The van der Waals surface area contributed by atoms with E-state index in [1.54, 1.807) is 57.5 Å². The molecular weight excluding hydrogens is 572 g/mol. The van der Waals surface area contributed by atoms with Crippen molar-refractivity contribution in [1.29, 1.82) is 0 Å². The van der Waals surface area contributed by atoms with Gasteiger partial charge in [0.2, 0.25) is 11.7 Å². The van der Waals surface area contributed by atoms with E-state index in [-0.39, 0.29) is 25.0 Å². The summed E-state index contributed by atoms with van der Waals surface area (Å²) >= 11 is 6.52. The van der Waals surface area contributed by atoms with Gasteiger partial charge in [0.1, 0.15) is 18.1 Å². The molecule has 226 valence electrons. The summed E-state index contributed by atoms with van der Waals surface area (Å²) in [5, 5.41) is 16.4. The zero-order valence-electron chi connectivity index (χ0n) is 24.5. The van der Waals surface area contributed by atoms with Crippen LogP contribution in [0.4, 0.5) is 0 Å². The molecule has 0 radical (unpaired) electrons. The van der Waals surface area contributed by atoms with Crippen LogP contribution in [-0.2, 0) is 22.7 Å². The Kier molecular flexibility index (Phi) is 9.61. The van der Waals surface area contributed by atoms with Crippen molar-refractivity contribution in [3.63, 3.8) is 0 Å². The third-order valence-corrected chi connectivity index (χ3v) is 7.90. The quantitative estimate of drug-likeness (QED) is 0.249. The van der Waals surface area contributed by atoms with Crippen LogP contribution in [0.2, 0.25) is 5.02 Å². The molecule has 4 aromatic rings. The van der Waals surface area contributed by atoms with Crippen LogP contribution in [0.15, 0.2) is 59.0 Å². The molecule has 1 fully saturated rings. The normalized spacial score (nSPS) is 14.2. The maximum atomic E-state index is 14.1. The second-order valence-electron chi connectivity index (χ2n) is 10.5. The maximum absolute atomic E-state index is 14.1. The first kappa shape index (κ1) is 30.1. The number of hydrogen-bond acceptors (Lipinski definition) is 8. The molecule has 1 aliphatic carbocycles. The lowest BCUT2D eigenvalue weighted by atomic mass is 9.95. The van der Waals surface area contributed by atoms with Gasteiger partial charge in [0.25, 0.3) is 5.91 Å². The van der Waals surface area contributed by atoms with Crippen LogP contribution in [0.25, 0.3) is 11.4 Å². The van der Waals surface area contributed by atoms with Crippen LogP contribution in [0.5, 0.6) is 11.5 Å². The molecule has 2 amide bonds. The molecule has 0 aliphatic heterocycles.